The molecule has 0 spiro atoms. The van der Waals surface area contributed by atoms with E-state index in [0.29, 0.717) is 10.8 Å². The van der Waals surface area contributed by atoms with Crippen molar-refractivity contribution < 1.29 is 9.90 Å². The largest absolute Gasteiger partial charge is 0.506 e. The lowest BCUT2D eigenvalue weighted by Crippen LogP contribution is -2.41. The van der Waals surface area contributed by atoms with Gasteiger partial charge in [-0.1, -0.05) is 18.5 Å². The highest BCUT2D eigenvalue weighted by molar-refractivity contribution is 7.99. The molecule has 1 heterocycles. The molecule has 1 aliphatic rings. The Labute approximate surface area is 110 Å². The lowest BCUT2D eigenvalue weighted by Gasteiger charge is -2.30. The van der Waals surface area contributed by atoms with Gasteiger partial charge in [0, 0.05) is 29.7 Å². The van der Waals surface area contributed by atoms with Gasteiger partial charge >= 0.3 is 0 Å². The lowest BCUT2D eigenvalue weighted by molar-refractivity contribution is 0.0763. The Kier molecular flexibility index (Phi) is 3.84. The van der Waals surface area contributed by atoms with Crippen molar-refractivity contribution in [1.29, 1.82) is 0 Å². The van der Waals surface area contributed by atoms with Gasteiger partial charge in [0.15, 0.2) is 0 Å². The Morgan fingerprint density at radius 1 is 1.59 bits per heavy atom. The number of hydrogen-bond acceptors (Lipinski definition) is 3. The average molecular weight is 272 g/mol. The number of benzene rings is 1. The van der Waals surface area contributed by atoms with Crippen LogP contribution in [0.3, 0.4) is 0 Å². The van der Waals surface area contributed by atoms with Gasteiger partial charge in [-0.05, 0) is 18.2 Å². The fourth-order valence-corrected chi connectivity index (χ4v) is 3.02. The van der Waals surface area contributed by atoms with Crippen molar-refractivity contribution in [2.45, 2.75) is 12.2 Å². The molecule has 1 atom stereocenters. The number of nitrogens with zero attached hydrogens (tertiary/aromatic N) is 1. The van der Waals surface area contributed by atoms with Crippen molar-refractivity contribution >= 4 is 29.3 Å². The molecule has 92 valence electrons. The fraction of sp³-hybridized carbons (Fsp3) is 0.417. The summed E-state index contributed by atoms with van der Waals surface area (Å²) in [6.45, 7) is 3.65. The van der Waals surface area contributed by atoms with Gasteiger partial charge in [0.05, 0.1) is 5.02 Å². The van der Waals surface area contributed by atoms with Crippen LogP contribution in [0.5, 0.6) is 5.75 Å². The van der Waals surface area contributed by atoms with Crippen LogP contribution in [0.1, 0.15) is 17.3 Å². The van der Waals surface area contributed by atoms with Crippen molar-refractivity contribution in [3.8, 4) is 5.75 Å². The SMILES string of the molecule is CC1CN(C(=O)c2ccc(O)c(Cl)c2)CCS1. The summed E-state index contributed by atoms with van der Waals surface area (Å²) in [5, 5.41) is 10.0. The van der Waals surface area contributed by atoms with Gasteiger partial charge in [-0.25, -0.2) is 0 Å². The van der Waals surface area contributed by atoms with E-state index in [1.54, 1.807) is 6.07 Å². The first-order chi connectivity index (χ1) is 8.08. The lowest BCUT2D eigenvalue weighted by atomic mass is 10.2. The van der Waals surface area contributed by atoms with Crippen LogP contribution in [0.25, 0.3) is 0 Å². The molecule has 1 aromatic rings. The first kappa shape index (κ1) is 12.6. The van der Waals surface area contributed by atoms with Crippen molar-refractivity contribution in [3.63, 3.8) is 0 Å². The van der Waals surface area contributed by atoms with E-state index in [-0.39, 0.29) is 16.7 Å². The monoisotopic (exact) mass is 271 g/mol. The third-order valence-corrected chi connectivity index (χ3v) is 4.16. The van der Waals surface area contributed by atoms with Crippen molar-refractivity contribution in [2.24, 2.45) is 0 Å². The normalized spacial score (nSPS) is 20.4. The zero-order valence-electron chi connectivity index (χ0n) is 9.52. The van der Waals surface area contributed by atoms with Gasteiger partial charge < -0.3 is 10.0 Å². The molecule has 1 unspecified atom stereocenters. The number of carbonyl (C=O) groups excluding carboxylic acids is 1. The Bertz CT molecular complexity index is 439. The first-order valence-electron chi connectivity index (χ1n) is 5.47. The van der Waals surface area contributed by atoms with Gasteiger partial charge in [-0.3, -0.25) is 4.79 Å². The maximum Gasteiger partial charge on any atom is 0.253 e. The molecule has 0 saturated carbocycles. The minimum atomic E-state index is -0.0148. The molecule has 1 amide bonds. The summed E-state index contributed by atoms with van der Waals surface area (Å²) in [5.41, 5.74) is 0.534. The molecular formula is C12H14ClNO2S. The van der Waals surface area contributed by atoms with Gasteiger partial charge in [-0.15, -0.1) is 0 Å². The van der Waals surface area contributed by atoms with Crippen LogP contribution in [0.2, 0.25) is 5.02 Å². The summed E-state index contributed by atoms with van der Waals surface area (Å²) in [7, 11) is 0. The van der Waals surface area contributed by atoms with Crippen LogP contribution < -0.4 is 0 Å². The van der Waals surface area contributed by atoms with Crippen molar-refractivity contribution in [2.75, 3.05) is 18.8 Å². The van der Waals surface area contributed by atoms with E-state index in [4.69, 9.17) is 11.6 Å². The van der Waals surface area contributed by atoms with E-state index in [2.05, 4.69) is 6.92 Å². The van der Waals surface area contributed by atoms with Crippen molar-refractivity contribution in [3.05, 3.63) is 28.8 Å². The summed E-state index contributed by atoms with van der Waals surface area (Å²) >= 11 is 7.68. The number of amides is 1. The molecule has 0 aliphatic carbocycles. The number of halogens is 1. The van der Waals surface area contributed by atoms with Gasteiger partial charge in [0.25, 0.3) is 5.91 Å². The van der Waals surface area contributed by atoms with E-state index in [0.717, 1.165) is 18.8 Å². The standard InChI is InChI=1S/C12H14ClNO2S/c1-8-7-14(4-5-17-8)12(16)9-2-3-11(15)10(13)6-9/h2-3,6,8,15H,4-5,7H2,1H3. The van der Waals surface area contributed by atoms with Gasteiger partial charge in [0.1, 0.15) is 5.75 Å². The molecule has 17 heavy (non-hydrogen) atoms. The Hall–Kier alpha value is -0.870. The summed E-state index contributed by atoms with van der Waals surface area (Å²) in [6.07, 6.45) is 0. The molecule has 1 fully saturated rings. The second kappa shape index (κ2) is 5.19. The topological polar surface area (TPSA) is 40.5 Å². The van der Waals surface area contributed by atoms with Crippen LogP contribution in [0, 0.1) is 0 Å². The van der Waals surface area contributed by atoms with E-state index < -0.39 is 0 Å². The number of carbonyl (C=O) groups is 1. The molecule has 0 radical (unpaired) electrons. The number of aromatic hydroxyl groups is 1. The second-order valence-electron chi connectivity index (χ2n) is 4.10. The Balaban J connectivity index is 2.15. The zero-order valence-corrected chi connectivity index (χ0v) is 11.1. The van der Waals surface area contributed by atoms with E-state index in [1.165, 1.54) is 12.1 Å². The molecule has 1 aromatic carbocycles. The summed E-state index contributed by atoms with van der Waals surface area (Å²) in [4.78, 5) is 14.0. The summed E-state index contributed by atoms with van der Waals surface area (Å²) in [6, 6.07) is 4.58. The quantitative estimate of drug-likeness (QED) is 0.854. The zero-order chi connectivity index (χ0) is 12.4. The van der Waals surface area contributed by atoms with Crippen molar-refractivity contribution in [1.82, 2.24) is 4.90 Å². The van der Waals surface area contributed by atoms with Crippen LogP contribution in [-0.2, 0) is 0 Å². The maximum atomic E-state index is 12.2. The highest BCUT2D eigenvalue weighted by Gasteiger charge is 2.22. The molecule has 3 nitrogen and oxygen atoms in total. The third kappa shape index (κ3) is 2.87. The predicted octanol–water partition coefficient (Wildman–Crippen LogP) is 2.62. The molecule has 1 aliphatic heterocycles. The Morgan fingerprint density at radius 2 is 2.35 bits per heavy atom. The fourth-order valence-electron chi connectivity index (χ4n) is 1.83. The van der Waals surface area contributed by atoms with Gasteiger partial charge in [-0.2, -0.15) is 11.8 Å². The van der Waals surface area contributed by atoms with E-state index >= 15 is 0 Å². The van der Waals surface area contributed by atoms with Crippen LogP contribution in [0.4, 0.5) is 0 Å². The second-order valence-corrected chi connectivity index (χ2v) is 6.05. The van der Waals surface area contributed by atoms with Crippen LogP contribution in [-0.4, -0.2) is 40.0 Å². The highest BCUT2D eigenvalue weighted by Crippen LogP contribution is 2.25. The number of thioether (sulfide) groups is 1. The molecular weight excluding hydrogens is 258 g/mol. The van der Waals surface area contributed by atoms with E-state index in [9.17, 15) is 9.90 Å². The van der Waals surface area contributed by atoms with Gasteiger partial charge in [0.2, 0.25) is 0 Å². The Morgan fingerprint density at radius 3 is 3.00 bits per heavy atom. The molecule has 1 N–H and O–H groups in total. The molecule has 2 rings (SSSR count). The summed E-state index contributed by atoms with van der Waals surface area (Å²) in [5.74, 6) is 0.962. The van der Waals surface area contributed by atoms with Crippen LogP contribution >= 0.6 is 23.4 Å². The smallest absolute Gasteiger partial charge is 0.253 e. The van der Waals surface area contributed by atoms with E-state index in [1.807, 2.05) is 16.7 Å². The molecule has 0 aromatic heterocycles. The molecule has 0 bridgehead atoms. The number of phenolic OH excluding ortho intramolecular Hbond substituents is 1. The van der Waals surface area contributed by atoms with Crippen LogP contribution in [0.15, 0.2) is 18.2 Å². The number of rotatable bonds is 1. The predicted molar refractivity (Wildman–Crippen MR) is 70.9 cm³/mol. The minimum Gasteiger partial charge on any atom is -0.506 e. The average Bonchev–Trinajstić information content (AvgIpc) is 2.32. The number of hydrogen-bond donors (Lipinski definition) is 1. The minimum absolute atomic E-state index is 0.00536. The first-order valence-corrected chi connectivity index (χ1v) is 6.90. The third-order valence-electron chi connectivity index (χ3n) is 2.72. The number of phenols is 1. The summed E-state index contributed by atoms with van der Waals surface area (Å²) < 4.78 is 0. The molecule has 1 saturated heterocycles. The highest BCUT2D eigenvalue weighted by atomic mass is 35.5. The maximum absolute atomic E-state index is 12.2. The molecule has 5 heteroatoms.